The van der Waals surface area contributed by atoms with Gasteiger partial charge in [0.1, 0.15) is 5.76 Å². The second-order valence-corrected chi connectivity index (χ2v) is 6.20. The number of rotatable bonds is 4. The van der Waals surface area contributed by atoms with E-state index in [9.17, 15) is 9.59 Å². The Labute approximate surface area is 130 Å². The first kappa shape index (κ1) is 15.3. The third kappa shape index (κ3) is 2.70. The Balaban J connectivity index is 1.82. The Morgan fingerprint density at radius 1 is 1.36 bits per heavy atom. The van der Waals surface area contributed by atoms with E-state index in [4.69, 9.17) is 9.15 Å². The summed E-state index contributed by atoms with van der Waals surface area (Å²) < 4.78 is 11.2. The third-order valence-corrected chi connectivity index (χ3v) is 4.67. The van der Waals surface area contributed by atoms with Crippen LogP contribution in [-0.2, 0) is 11.2 Å². The number of aryl methyl sites for hydroxylation is 1. The van der Waals surface area contributed by atoms with E-state index < -0.39 is 0 Å². The van der Waals surface area contributed by atoms with Gasteiger partial charge in [-0.25, -0.2) is 0 Å². The number of fused-ring (bicyclic) bond motifs is 1. The molecule has 5 nitrogen and oxygen atoms in total. The summed E-state index contributed by atoms with van der Waals surface area (Å²) in [6.07, 6.45) is 3.11. The average Bonchev–Trinajstić information content (AvgIpc) is 3.13. The first-order chi connectivity index (χ1) is 10.6. The maximum absolute atomic E-state index is 12.8. The molecule has 1 aromatic rings. The first-order valence-electron chi connectivity index (χ1n) is 8.14. The second kappa shape index (κ2) is 6.24. The predicted molar refractivity (Wildman–Crippen MR) is 81.2 cm³/mol. The van der Waals surface area contributed by atoms with E-state index in [1.165, 1.54) is 0 Å². The number of furan rings is 1. The molecule has 1 fully saturated rings. The van der Waals surface area contributed by atoms with Gasteiger partial charge in [0.2, 0.25) is 0 Å². The summed E-state index contributed by atoms with van der Waals surface area (Å²) in [4.78, 5) is 26.7. The summed E-state index contributed by atoms with van der Waals surface area (Å²) in [6.45, 7) is 6.61. The van der Waals surface area contributed by atoms with Crippen molar-refractivity contribution >= 4 is 11.7 Å². The van der Waals surface area contributed by atoms with Gasteiger partial charge in [-0.05, 0) is 26.7 Å². The molecule has 2 heterocycles. The summed E-state index contributed by atoms with van der Waals surface area (Å²) in [6, 6.07) is 0. The summed E-state index contributed by atoms with van der Waals surface area (Å²) >= 11 is 0. The molecular formula is C17H23NO4. The van der Waals surface area contributed by atoms with Crippen LogP contribution < -0.4 is 0 Å². The van der Waals surface area contributed by atoms with Crippen LogP contribution in [0.3, 0.4) is 0 Å². The molecule has 22 heavy (non-hydrogen) atoms. The highest BCUT2D eigenvalue weighted by molar-refractivity contribution is 6.03. The minimum Gasteiger partial charge on any atom is -0.455 e. The molecule has 1 atom stereocenters. The number of carbonyl (C=O) groups is 2. The van der Waals surface area contributed by atoms with Crippen LogP contribution in [-0.4, -0.2) is 42.9 Å². The molecule has 0 radical (unpaired) electrons. The van der Waals surface area contributed by atoms with Gasteiger partial charge in [-0.15, -0.1) is 0 Å². The molecule has 0 aromatic carbocycles. The Morgan fingerprint density at radius 2 is 2.18 bits per heavy atom. The summed E-state index contributed by atoms with van der Waals surface area (Å²) in [5.74, 6) is 1.44. The van der Waals surface area contributed by atoms with E-state index >= 15 is 0 Å². The van der Waals surface area contributed by atoms with Gasteiger partial charge in [0.05, 0.1) is 12.2 Å². The van der Waals surface area contributed by atoms with Crippen molar-refractivity contribution in [3.8, 4) is 0 Å². The summed E-state index contributed by atoms with van der Waals surface area (Å²) in [7, 11) is 0. The molecule has 120 valence electrons. The Kier molecular flexibility index (Phi) is 4.34. The monoisotopic (exact) mass is 305 g/mol. The Morgan fingerprint density at radius 3 is 2.82 bits per heavy atom. The standard InChI is InChI=1S/C17H23NO4/c1-3-18(9-12-7-8-21-10-12)17(20)16-11(2)15-13(19)5-4-6-14(15)22-16/h12H,3-10H2,1-2H3/t12-/m1/s1. The third-order valence-electron chi connectivity index (χ3n) is 4.67. The lowest BCUT2D eigenvalue weighted by molar-refractivity contribution is 0.0695. The topological polar surface area (TPSA) is 59.8 Å². The van der Waals surface area contributed by atoms with Crippen molar-refractivity contribution < 1.29 is 18.7 Å². The summed E-state index contributed by atoms with van der Waals surface area (Å²) in [5, 5.41) is 0. The maximum atomic E-state index is 12.8. The molecule has 1 aliphatic heterocycles. The normalized spacial score (nSPS) is 21.0. The largest absolute Gasteiger partial charge is 0.455 e. The van der Waals surface area contributed by atoms with Gasteiger partial charge in [0.15, 0.2) is 11.5 Å². The van der Waals surface area contributed by atoms with Crippen molar-refractivity contribution in [1.82, 2.24) is 4.90 Å². The highest BCUT2D eigenvalue weighted by atomic mass is 16.5. The Hall–Kier alpha value is -1.62. The fraction of sp³-hybridized carbons (Fsp3) is 0.647. The van der Waals surface area contributed by atoms with Gasteiger partial charge in [-0.3, -0.25) is 9.59 Å². The average molecular weight is 305 g/mol. The van der Waals surface area contributed by atoms with Gasteiger partial charge < -0.3 is 14.1 Å². The maximum Gasteiger partial charge on any atom is 0.289 e. The van der Waals surface area contributed by atoms with Crippen molar-refractivity contribution in [2.24, 2.45) is 5.92 Å². The number of hydrogen-bond acceptors (Lipinski definition) is 4. The van der Waals surface area contributed by atoms with Gasteiger partial charge in [-0.1, -0.05) is 0 Å². The number of Topliss-reactive ketones (excluding diaryl/α,β-unsaturated/α-hetero) is 1. The number of amides is 1. The second-order valence-electron chi connectivity index (χ2n) is 6.20. The number of ether oxygens (including phenoxy) is 1. The number of nitrogens with zero attached hydrogens (tertiary/aromatic N) is 1. The van der Waals surface area contributed by atoms with Crippen molar-refractivity contribution in [2.75, 3.05) is 26.3 Å². The molecular weight excluding hydrogens is 282 g/mol. The molecule has 1 aromatic heterocycles. The molecule has 0 bridgehead atoms. The van der Waals surface area contributed by atoms with Crippen LogP contribution in [0.2, 0.25) is 0 Å². The van der Waals surface area contributed by atoms with Gasteiger partial charge in [-0.2, -0.15) is 0 Å². The summed E-state index contributed by atoms with van der Waals surface area (Å²) in [5.41, 5.74) is 1.36. The lowest BCUT2D eigenvalue weighted by Crippen LogP contribution is -2.35. The quantitative estimate of drug-likeness (QED) is 0.858. The highest BCUT2D eigenvalue weighted by Gasteiger charge is 2.31. The van der Waals surface area contributed by atoms with Crippen LogP contribution in [0.4, 0.5) is 0 Å². The smallest absolute Gasteiger partial charge is 0.289 e. The molecule has 0 saturated carbocycles. The van der Waals surface area contributed by atoms with Crippen molar-refractivity contribution in [1.29, 1.82) is 0 Å². The predicted octanol–water partition coefficient (Wildman–Crippen LogP) is 2.61. The van der Waals surface area contributed by atoms with E-state index in [-0.39, 0.29) is 11.7 Å². The zero-order chi connectivity index (χ0) is 15.7. The molecule has 0 N–H and O–H groups in total. The number of hydrogen-bond donors (Lipinski definition) is 0. The molecule has 0 unspecified atom stereocenters. The van der Waals surface area contributed by atoms with E-state index in [1.54, 1.807) is 4.90 Å². The van der Waals surface area contributed by atoms with Crippen LogP contribution in [0, 0.1) is 12.8 Å². The molecule has 3 rings (SSSR count). The highest BCUT2D eigenvalue weighted by Crippen LogP contribution is 2.30. The minimum absolute atomic E-state index is 0.103. The fourth-order valence-corrected chi connectivity index (χ4v) is 3.39. The molecule has 0 spiro atoms. The lowest BCUT2D eigenvalue weighted by atomic mass is 9.94. The fourth-order valence-electron chi connectivity index (χ4n) is 3.39. The number of carbonyl (C=O) groups excluding carboxylic acids is 2. The molecule has 1 saturated heterocycles. The van der Waals surface area contributed by atoms with E-state index in [2.05, 4.69) is 0 Å². The Bertz CT molecular complexity index is 584. The molecule has 2 aliphatic rings. The van der Waals surface area contributed by atoms with Gasteiger partial charge in [0.25, 0.3) is 5.91 Å². The van der Waals surface area contributed by atoms with Crippen molar-refractivity contribution in [3.63, 3.8) is 0 Å². The number of ketones is 1. The van der Waals surface area contributed by atoms with Crippen LogP contribution in [0.15, 0.2) is 4.42 Å². The van der Waals surface area contributed by atoms with E-state index in [0.29, 0.717) is 48.1 Å². The van der Waals surface area contributed by atoms with Crippen LogP contribution in [0.5, 0.6) is 0 Å². The van der Waals surface area contributed by atoms with E-state index in [1.807, 2.05) is 13.8 Å². The molecule has 1 aliphatic carbocycles. The molecule has 1 amide bonds. The van der Waals surface area contributed by atoms with Crippen molar-refractivity contribution in [2.45, 2.75) is 39.5 Å². The minimum atomic E-state index is -0.103. The van der Waals surface area contributed by atoms with Crippen LogP contribution in [0.1, 0.15) is 58.4 Å². The zero-order valence-corrected chi connectivity index (χ0v) is 13.3. The van der Waals surface area contributed by atoms with Gasteiger partial charge >= 0.3 is 0 Å². The van der Waals surface area contributed by atoms with Crippen LogP contribution in [0.25, 0.3) is 0 Å². The van der Waals surface area contributed by atoms with Gasteiger partial charge in [0, 0.05) is 44.0 Å². The van der Waals surface area contributed by atoms with Crippen LogP contribution >= 0.6 is 0 Å². The molecule has 5 heteroatoms. The lowest BCUT2D eigenvalue weighted by Gasteiger charge is -2.23. The zero-order valence-electron chi connectivity index (χ0n) is 13.3. The van der Waals surface area contributed by atoms with E-state index in [0.717, 1.165) is 32.5 Å². The van der Waals surface area contributed by atoms with Crippen molar-refractivity contribution in [3.05, 3.63) is 22.6 Å². The first-order valence-corrected chi connectivity index (χ1v) is 8.14. The SMILES string of the molecule is CCN(C[C@H]1CCOC1)C(=O)c1oc2c(c1C)C(=O)CCC2.